The smallest absolute Gasteiger partial charge is 0.317 e. The zero-order valence-electron chi connectivity index (χ0n) is 15.4. The van der Waals surface area contributed by atoms with Gasteiger partial charge in [0.15, 0.2) is 0 Å². The summed E-state index contributed by atoms with van der Waals surface area (Å²) in [6, 6.07) is 7.04. The number of hydrogen-bond acceptors (Lipinski definition) is 6. The first-order valence-corrected chi connectivity index (χ1v) is 9.74. The number of urea groups is 1. The molecule has 2 heterocycles. The number of likely N-dealkylation sites (tertiary alicyclic amines) is 1. The Hall–Kier alpha value is -2.68. The molecule has 8 nitrogen and oxygen atoms in total. The van der Waals surface area contributed by atoms with Crippen LogP contribution in [0.15, 0.2) is 24.3 Å². The number of nitrogens with one attached hydrogen (secondary N) is 2. The van der Waals surface area contributed by atoms with Gasteiger partial charge in [-0.3, -0.25) is 4.79 Å². The number of amides is 3. The molecule has 3 amide bonds. The Labute approximate surface area is 161 Å². The van der Waals surface area contributed by atoms with Crippen molar-refractivity contribution in [2.75, 3.05) is 32.1 Å². The molecule has 1 saturated heterocycles. The Bertz CT molecular complexity index is 793. The molecule has 27 heavy (non-hydrogen) atoms. The second kappa shape index (κ2) is 8.81. The summed E-state index contributed by atoms with van der Waals surface area (Å²) in [6.45, 7) is 3.85. The van der Waals surface area contributed by atoms with Crippen LogP contribution in [0.1, 0.15) is 40.5 Å². The van der Waals surface area contributed by atoms with Crippen LogP contribution in [0, 0.1) is 0 Å². The molecule has 9 heteroatoms. The van der Waals surface area contributed by atoms with Crippen molar-refractivity contribution < 1.29 is 14.3 Å². The number of aromatic nitrogens is 2. The van der Waals surface area contributed by atoms with Gasteiger partial charge in [-0.2, -0.15) is 0 Å². The van der Waals surface area contributed by atoms with E-state index in [4.69, 9.17) is 4.74 Å². The number of nitrogens with zero attached hydrogens (tertiary/aromatic N) is 3. The van der Waals surface area contributed by atoms with Crippen LogP contribution in [0.4, 0.5) is 10.5 Å². The van der Waals surface area contributed by atoms with E-state index in [1.165, 1.54) is 11.3 Å². The Kier molecular flexibility index (Phi) is 6.23. The fraction of sp³-hybridized carbons (Fsp3) is 0.444. The van der Waals surface area contributed by atoms with Crippen LogP contribution in [0.3, 0.4) is 0 Å². The highest BCUT2D eigenvalue weighted by Crippen LogP contribution is 2.29. The molecular formula is C18H23N5O3S. The third-order valence-corrected chi connectivity index (χ3v) is 5.45. The zero-order valence-corrected chi connectivity index (χ0v) is 16.2. The highest BCUT2D eigenvalue weighted by Gasteiger charge is 2.27. The lowest BCUT2D eigenvalue weighted by Gasteiger charge is -2.31. The first-order chi connectivity index (χ1) is 13.1. The summed E-state index contributed by atoms with van der Waals surface area (Å²) in [5, 5.41) is 15.0. The Morgan fingerprint density at radius 2 is 2.07 bits per heavy atom. The summed E-state index contributed by atoms with van der Waals surface area (Å²) in [6.07, 6.45) is 1.85. The maximum Gasteiger partial charge on any atom is 0.317 e. The molecule has 144 valence electrons. The third kappa shape index (κ3) is 4.73. The average Bonchev–Trinajstić information content (AvgIpc) is 3.19. The number of methoxy groups -OCH3 is 1. The van der Waals surface area contributed by atoms with Crippen LogP contribution >= 0.6 is 11.3 Å². The minimum atomic E-state index is -0.291. The van der Waals surface area contributed by atoms with Crippen molar-refractivity contribution in [3.63, 3.8) is 0 Å². The molecule has 3 rings (SSSR count). The van der Waals surface area contributed by atoms with Gasteiger partial charge in [-0.05, 0) is 44.0 Å². The number of anilines is 1. The number of benzene rings is 1. The molecular weight excluding hydrogens is 366 g/mol. The molecule has 2 N–H and O–H groups in total. The minimum absolute atomic E-state index is 0.0517. The van der Waals surface area contributed by atoms with Crippen LogP contribution < -0.4 is 15.4 Å². The van der Waals surface area contributed by atoms with Gasteiger partial charge in [0.05, 0.1) is 7.11 Å². The average molecular weight is 389 g/mol. The third-order valence-electron chi connectivity index (χ3n) is 4.37. The van der Waals surface area contributed by atoms with Gasteiger partial charge in [-0.15, -0.1) is 10.2 Å². The Morgan fingerprint density at radius 3 is 2.78 bits per heavy atom. The van der Waals surface area contributed by atoms with Crippen LogP contribution in [0.5, 0.6) is 5.75 Å². The zero-order chi connectivity index (χ0) is 19.2. The highest BCUT2D eigenvalue weighted by atomic mass is 32.1. The number of carbonyl (C=O) groups excluding carboxylic acids is 2. The SMILES string of the molecule is CCNC(=O)N1CCC[C@H](c2nnc(C(=O)Nc3ccc(OC)cc3)s2)C1. The van der Waals surface area contributed by atoms with E-state index in [9.17, 15) is 9.59 Å². The van der Waals surface area contributed by atoms with Crippen molar-refractivity contribution >= 4 is 29.0 Å². The molecule has 1 aliphatic rings. The van der Waals surface area contributed by atoms with E-state index in [-0.39, 0.29) is 17.9 Å². The minimum Gasteiger partial charge on any atom is -0.497 e. The fourth-order valence-corrected chi connectivity index (χ4v) is 3.84. The van der Waals surface area contributed by atoms with Gasteiger partial charge < -0.3 is 20.3 Å². The van der Waals surface area contributed by atoms with Crippen LogP contribution in [-0.2, 0) is 0 Å². The molecule has 0 bridgehead atoms. The van der Waals surface area contributed by atoms with E-state index < -0.39 is 0 Å². The van der Waals surface area contributed by atoms with Gasteiger partial charge in [0.2, 0.25) is 5.01 Å². The molecule has 1 fully saturated rings. The normalized spacial score (nSPS) is 16.7. The van der Waals surface area contributed by atoms with Gasteiger partial charge in [0, 0.05) is 31.2 Å². The van der Waals surface area contributed by atoms with Crippen molar-refractivity contribution in [1.82, 2.24) is 20.4 Å². The van der Waals surface area contributed by atoms with Crippen molar-refractivity contribution in [2.45, 2.75) is 25.7 Å². The number of hydrogen-bond donors (Lipinski definition) is 2. The molecule has 0 unspecified atom stereocenters. The number of ether oxygens (including phenoxy) is 1. The second-order valence-corrected chi connectivity index (χ2v) is 7.26. The van der Waals surface area contributed by atoms with E-state index in [2.05, 4.69) is 20.8 Å². The summed E-state index contributed by atoms with van der Waals surface area (Å²) >= 11 is 1.28. The number of carbonyl (C=O) groups is 2. The lowest BCUT2D eigenvalue weighted by atomic mass is 9.99. The summed E-state index contributed by atoms with van der Waals surface area (Å²) in [4.78, 5) is 26.3. The molecule has 0 saturated carbocycles. The largest absolute Gasteiger partial charge is 0.497 e. The fourth-order valence-electron chi connectivity index (χ4n) is 2.98. The van der Waals surface area contributed by atoms with E-state index in [1.807, 2.05) is 6.92 Å². The van der Waals surface area contributed by atoms with Gasteiger partial charge in [-0.25, -0.2) is 4.79 Å². The Morgan fingerprint density at radius 1 is 1.30 bits per heavy atom. The van der Waals surface area contributed by atoms with Gasteiger partial charge >= 0.3 is 6.03 Å². The quantitative estimate of drug-likeness (QED) is 0.820. The van der Waals surface area contributed by atoms with Gasteiger partial charge in [0.25, 0.3) is 5.91 Å². The molecule has 1 aromatic heterocycles. The maximum absolute atomic E-state index is 12.4. The molecule has 2 aromatic rings. The summed E-state index contributed by atoms with van der Waals surface area (Å²) in [5.74, 6) is 0.543. The Balaban J connectivity index is 1.63. The molecule has 0 radical (unpaired) electrons. The van der Waals surface area contributed by atoms with Crippen molar-refractivity contribution in [1.29, 1.82) is 0 Å². The first kappa shape index (κ1) is 19.1. The monoisotopic (exact) mass is 389 g/mol. The topological polar surface area (TPSA) is 96.5 Å². The summed E-state index contributed by atoms with van der Waals surface area (Å²) < 4.78 is 5.10. The molecule has 0 aliphatic carbocycles. The summed E-state index contributed by atoms with van der Waals surface area (Å²) in [7, 11) is 1.59. The second-order valence-electron chi connectivity index (χ2n) is 6.25. The van der Waals surface area contributed by atoms with Gasteiger partial charge in [0.1, 0.15) is 10.8 Å². The van der Waals surface area contributed by atoms with Crippen LogP contribution in [0.25, 0.3) is 0 Å². The summed E-state index contributed by atoms with van der Waals surface area (Å²) in [5.41, 5.74) is 0.664. The van der Waals surface area contributed by atoms with Crippen LogP contribution in [0.2, 0.25) is 0 Å². The molecule has 1 atom stereocenters. The first-order valence-electron chi connectivity index (χ1n) is 8.92. The lowest BCUT2D eigenvalue weighted by Crippen LogP contribution is -2.44. The molecule has 1 aromatic carbocycles. The van der Waals surface area contributed by atoms with E-state index >= 15 is 0 Å². The van der Waals surface area contributed by atoms with E-state index in [0.717, 1.165) is 30.1 Å². The van der Waals surface area contributed by atoms with Gasteiger partial charge in [-0.1, -0.05) is 11.3 Å². The predicted molar refractivity (Wildman–Crippen MR) is 103 cm³/mol. The van der Waals surface area contributed by atoms with Crippen molar-refractivity contribution in [2.24, 2.45) is 0 Å². The molecule has 0 spiro atoms. The van der Waals surface area contributed by atoms with Crippen LogP contribution in [-0.4, -0.2) is 53.8 Å². The maximum atomic E-state index is 12.4. The van der Waals surface area contributed by atoms with Crippen molar-refractivity contribution in [3.8, 4) is 5.75 Å². The van der Waals surface area contributed by atoms with E-state index in [0.29, 0.717) is 23.8 Å². The molecule has 1 aliphatic heterocycles. The number of piperidine rings is 1. The highest BCUT2D eigenvalue weighted by molar-refractivity contribution is 7.13. The predicted octanol–water partition coefficient (Wildman–Crippen LogP) is 2.71. The van der Waals surface area contributed by atoms with E-state index in [1.54, 1.807) is 36.3 Å². The standard InChI is InChI=1S/C18H23N5O3S/c1-3-19-18(25)23-10-4-5-12(11-23)16-21-22-17(27-16)15(24)20-13-6-8-14(26-2)9-7-13/h6-9,12H,3-5,10-11H2,1-2H3,(H,19,25)(H,20,24)/t12-/m0/s1. The number of rotatable bonds is 5. The van der Waals surface area contributed by atoms with Crippen molar-refractivity contribution in [3.05, 3.63) is 34.3 Å². The lowest BCUT2D eigenvalue weighted by molar-refractivity contribution is 0.102.